The summed E-state index contributed by atoms with van der Waals surface area (Å²) in [5.41, 5.74) is 2.75. The average molecular weight is 539 g/mol. The zero-order valence-electron chi connectivity index (χ0n) is 16.1. The van der Waals surface area contributed by atoms with E-state index in [0.717, 1.165) is 22.2 Å². The van der Waals surface area contributed by atoms with Gasteiger partial charge in [-0.2, -0.15) is 18.3 Å². The second kappa shape index (κ2) is 7.43. The predicted octanol–water partition coefficient (Wildman–Crippen LogP) is 5.59. The zero-order valence-corrected chi connectivity index (χ0v) is 18.3. The molecule has 4 aromatic rings. The van der Waals surface area contributed by atoms with E-state index in [1.54, 1.807) is 11.0 Å². The Morgan fingerprint density at radius 2 is 2.00 bits per heavy atom. The number of nitrogens with zero attached hydrogens (tertiary/aromatic N) is 2. The highest BCUT2D eigenvalue weighted by molar-refractivity contribution is 14.1. The van der Waals surface area contributed by atoms with Crippen molar-refractivity contribution in [3.05, 3.63) is 58.8 Å². The lowest BCUT2D eigenvalue weighted by molar-refractivity contribution is -0.137. The second-order valence-electron chi connectivity index (χ2n) is 7.49. The molecule has 0 radical (unpaired) electrons. The van der Waals surface area contributed by atoms with E-state index >= 15 is 0 Å². The van der Waals surface area contributed by atoms with Gasteiger partial charge in [-0.25, -0.2) is 4.79 Å². The number of hydrogen-bond acceptors (Lipinski definition) is 2. The Morgan fingerprint density at radius 1 is 1.19 bits per heavy atom. The van der Waals surface area contributed by atoms with Crippen molar-refractivity contribution in [1.82, 2.24) is 20.1 Å². The lowest BCUT2D eigenvalue weighted by atomic mass is 9.99. The Morgan fingerprint density at radius 3 is 2.77 bits per heavy atom. The number of anilines is 1. The molecule has 0 atom stereocenters. The SMILES string of the molecule is O=C(Nc1n[nH]c2ccccc12)N1CCc2c([nH]c3cc(CI)c(C(F)(F)F)cc23)C1. The third-order valence-corrected chi connectivity index (χ3v) is 6.45. The van der Waals surface area contributed by atoms with Crippen LogP contribution in [0.2, 0.25) is 0 Å². The number of aromatic nitrogens is 3. The van der Waals surface area contributed by atoms with Crippen LogP contribution in [0, 0.1) is 0 Å². The van der Waals surface area contributed by atoms with Gasteiger partial charge in [0.05, 0.1) is 17.6 Å². The van der Waals surface area contributed by atoms with Crippen LogP contribution in [-0.4, -0.2) is 32.7 Å². The van der Waals surface area contributed by atoms with Crippen molar-refractivity contribution < 1.29 is 18.0 Å². The lowest BCUT2D eigenvalue weighted by Gasteiger charge is -2.27. The zero-order chi connectivity index (χ0) is 21.8. The van der Waals surface area contributed by atoms with Crippen LogP contribution in [-0.2, 0) is 23.6 Å². The average Bonchev–Trinajstić information content (AvgIpc) is 3.32. The van der Waals surface area contributed by atoms with E-state index < -0.39 is 11.7 Å². The molecule has 6 nitrogen and oxygen atoms in total. The van der Waals surface area contributed by atoms with Gasteiger partial charge in [0.25, 0.3) is 0 Å². The fourth-order valence-electron chi connectivity index (χ4n) is 4.12. The third kappa shape index (κ3) is 3.52. The predicted molar refractivity (Wildman–Crippen MR) is 120 cm³/mol. The Bertz CT molecular complexity index is 1310. The summed E-state index contributed by atoms with van der Waals surface area (Å²) in [5, 5.41) is 11.3. The van der Waals surface area contributed by atoms with Crippen LogP contribution >= 0.6 is 22.6 Å². The smallest absolute Gasteiger partial charge is 0.357 e. The maximum atomic E-state index is 13.5. The van der Waals surface area contributed by atoms with E-state index in [0.29, 0.717) is 36.2 Å². The number of H-pyrrole nitrogens is 2. The van der Waals surface area contributed by atoms with Gasteiger partial charge >= 0.3 is 12.2 Å². The van der Waals surface area contributed by atoms with Gasteiger partial charge in [-0.1, -0.05) is 34.7 Å². The quantitative estimate of drug-likeness (QED) is 0.230. The third-order valence-electron chi connectivity index (χ3n) is 5.63. The molecule has 0 spiro atoms. The fourth-order valence-corrected chi connectivity index (χ4v) is 4.75. The highest BCUT2D eigenvalue weighted by atomic mass is 127. The van der Waals surface area contributed by atoms with Crippen molar-refractivity contribution in [2.24, 2.45) is 0 Å². The van der Waals surface area contributed by atoms with Crippen LogP contribution in [0.3, 0.4) is 0 Å². The first-order valence-corrected chi connectivity index (χ1v) is 11.2. The maximum Gasteiger partial charge on any atom is 0.416 e. The van der Waals surface area contributed by atoms with E-state index in [2.05, 4.69) is 20.5 Å². The molecule has 3 N–H and O–H groups in total. The van der Waals surface area contributed by atoms with Gasteiger partial charge in [0.1, 0.15) is 0 Å². The van der Waals surface area contributed by atoms with E-state index in [1.807, 2.05) is 46.9 Å². The number of amides is 2. The number of fused-ring (bicyclic) bond motifs is 4. The minimum absolute atomic E-state index is 0.249. The maximum absolute atomic E-state index is 13.5. The molecule has 160 valence electrons. The number of alkyl halides is 4. The van der Waals surface area contributed by atoms with Gasteiger partial charge in [-0.05, 0) is 41.8 Å². The molecule has 0 fully saturated rings. The number of urea groups is 1. The normalized spacial score (nSPS) is 14.3. The molecular weight excluding hydrogens is 522 g/mol. The summed E-state index contributed by atoms with van der Waals surface area (Å²) in [4.78, 5) is 17.7. The fraction of sp³-hybridized carbons (Fsp3) is 0.238. The van der Waals surface area contributed by atoms with Gasteiger partial charge < -0.3 is 9.88 Å². The van der Waals surface area contributed by atoms with E-state index in [4.69, 9.17) is 0 Å². The molecule has 5 rings (SSSR count). The molecule has 1 aliphatic rings. The molecule has 2 amide bonds. The van der Waals surface area contributed by atoms with Gasteiger partial charge in [-0.3, -0.25) is 10.4 Å². The summed E-state index contributed by atoms with van der Waals surface area (Å²) in [6, 6.07) is 9.99. The van der Waals surface area contributed by atoms with Crippen molar-refractivity contribution in [3.63, 3.8) is 0 Å². The molecule has 10 heteroatoms. The van der Waals surface area contributed by atoms with Crippen LogP contribution in [0.4, 0.5) is 23.8 Å². The number of aromatic amines is 2. The van der Waals surface area contributed by atoms with Crippen molar-refractivity contribution in [2.45, 2.75) is 23.6 Å². The van der Waals surface area contributed by atoms with Crippen LogP contribution in [0.15, 0.2) is 36.4 Å². The molecule has 0 unspecified atom stereocenters. The molecule has 1 aliphatic heterocycles. The summed E-state index contributed by atoms with van der Waals surface area (Å²) in [6.45, 7) is 0.697. The molecule has 0 bridgehead atoms. The number of carbonyl (C=O) groups is 1. The summed E-state index contributed by atoms with van der Waals surface area (Å²) < 4.78 is 40.7. The number of rotatable bonds is 2. The molecule has 0 aliphatic carbocycles. The van der Waals surface area contributed by atoms with E-state index in [9.17, 15) is 18.0 Å². The number of nitrogens with one attached hydrogen (secondary N) is 3. The largest absolute Gasteiger partial charge is 0.416 e. The number of para-hydroxylation sites is 1. The van der Waals surface area contributed by atoms with Gasteiger partial charge in [0.15, 0.2) is 5.82 Å². The van der Waals surface area contributed by atoms with E-state index in [1.165, 1.54) is 6.07 Å². The van der Waals surface area contributed by atoms with Crippen molar-refractivity contribution in [1.29, 1.82) is 0 Å². The first kappa shape index (κ1) is 20.2. The van der Waals surface area contributed by atoms with Gasteiger partial charge in [-0.15, -0.1) is 0 Å². The van der Waals surface area contributed by atoms with Crippen LogP contribution in [0.25, 0.3) is 21.8 Å². The molecule has 0 saturated heterocycles. The summed E-state index contributed by atoms with van der Waals surface area (Å²) in [7, 11) is 0. The minimum Gasteiger partial charge on any atom is -0.357 e. The summed E-state index contributed by atoms with van der Waals surface area (Å²) >= 11 is 1.94. The lowest BCUT2D eigenvalue weighted by Crippen LogP contribution is -2.38. The highest BCUT2D eigenvalue weighted by Gasteiger charge is 2.34. The molecule has 0 saturated carbocycles. The number of carbonyl (C=O) groups excluding carboxylic acids is 1. The number of hydrogen-bond donors (Lipinski definition) is 3. The van der Waals surface area contributed by atoms with E-state index in [-0.39, 0.29) is 16.0 Å². The molecule has 3 heterocycles. The van der Waals surface area contributed by atoms with Crippen LogP contribution in [0.1, 0.15) is 22.4 Å². The molecule has 2 aromatic heterocycles. The van der Waals surface area contributed by atoms with Gasteiger partial charge in [0, 0.05) is 33.0 Å². The Kier molecular flexibility index (Phi) is 4.83. The number of benzene rings is 2. The van der Waals surface area contributed by atoms with Crippen LogP contribution in [0.5, 0.6) is 0 Å². The summed E-state index contributed by atoms with van der Waals surface area (Å²) in [5.74, 6) is 0.449. The summed E-state index contributed by atoms with van der Waals surface area (Å²) in [6.07, 6.45) is -3.92. The molecule has 2 aromatic carbocycles. The molecule has 31 heavy (non-hydrogen) atoms. The Balaban J connectivity index is 1.43. The standard InChI is InChI=1S/C21H17F3IN5O/c22-21(23,24)15-8-14-12-5-6-30(10-18(12)26-17(14)7-11(15)9-25)20(31)27-19-13-3-1-2-4-16(13)28-29-19/h1-4,7-8,26H,5-6,9-10H2,(H2,27,28,29,31). The minimum atomic E-state index is -4.40. The topological polar surface area (TPSA) is 76.8 Å². The number of halogens is 4. The highest BCUT2D eigenvalue weighted by Crippen LogP contribution is 2.38. The molecular formula is C21H17F3IN5O. The first-order valence-electron chi connectivity index (χ1n) is 9.63. The Labute approximate surface area is 188 Å². The Hall–Kier alpha value is -2.76. The van der Waals surface area contributed by atoms with Crippen molar-refractivity contribution in [3.8, 4) is 0 Å². The van der Waals surface area contributed by atoms with Gasteiger partial charge in [0.2, 0.25) is 0 Å². The second-order valence-corrected chi connectivity index (χ2v) is 8.25. The van der Waals surface area contributed by atoms with Crippen LogP contribution < -0.4 is 5.32 Å². The van der Waals surface area contributed by atoms with Crippen molar-refractivity contribution >= 4 is 56.2 Å². The van der Waals surface area contributed by atoms with Crippen molar-refractivity contribution in [2.75, 3.05) is 11.9 Å². The monoisotopic (exact) mass is 539 g/mol. The first-order chi connectivity index (χ1) is 14.8.